The van der Waals surface area contributed by atoms with E-state index >= 15 is 0 Å². The summed E-state index contributed by atoms with van der Waals surface area (Å²) in [7, 11) is 0. The highest BCUT2D eigenvalue weighted by atomic mass is 16.6. The number of aromatic amines is 1. The van der Waals surface area contributed by atoms with Gasteiger partial charge in [0.1, 0.15) is 11.4 Å². The number of amides is 1. The van der Waals surface area contributed by atoms with Crippen LogP contribution in [0.3, 0.4) is 0 Å². The first-order valence-electron chi connectivity index (χ1n) is 14.6. The summed E-state index contributed by atoms with van der Waals surface area (Å²) in [6.45, 7) is 13.9. The Labute approximate surface area is 241 Å². The Balaban J connectivity index is 1.12. The van der Waals surface area contributed by atoms with Gasteiger partial charge in [0.15, 0.2) is 0 Å². The van der Waals surface area contributed by atoms with Crippen LogP contribution in [0.4, 0.5) is 16.6 Å². The second kappa shape index (κ2) is 10.8. The van der Waals surface area contributed by atoms with E-state index in [1.165, 1.54) is 12.8 Å². The van der Waals surface area contributed by atoms with E-state index < -0.39 is 5.60 Å². The molecule has 1 aromatic carbocycles. The number of nitrogens with zero attached hydrogens (tertiary/aromatic N) is 6. The minimum absolute atomic E-state index is 0.181. The number of fused-ring (bicyclic) bond motifs is 1. The normalized spacial score (nSPS) is 17.1. The molecule has 4 heterocycles. The number of anilines is 2. The molecule has 1 aliphatic carbocycles. The number of imidazole rings is 1. The van der Waals surface area contributed by atoms with Gasteiger partial charge in [0, 0.05) is 56.7 Å². The summed E-state index contributed by atoms with van der Waals surface area (Å²) in [6, 6.07) is 8.62. The predicted molar refractivity (Wildman–Crippen MR) is 160 cm³/mol. The first kappa shape index (κ1) is 27.3. The van der Waals surface area contributed by atoms with Crippen molar-refractivity contribution in [2.45, 2.75) is 65.6 Å². The SMILES string of the molecule is Cc1cc(-c2cnn(CC3CC3)c2)cc2[nH]c(Nc3cc(C(C)N4CCN(C(=O)OC(C)(C)C)CC4)ccn3)nc12. The topological polar surface area (TPSA) is 104 Å². The summed E-state index contributed by atoms with van der Waals surface area (Å²) in [5.41, 5.74) is 5.95. The number of H-pyrrole nitrogens is 1. The van der Waals surface area contributed by atoms with E-state index in [0.29, 0.717) is 19.0 Å². The van der Waals surface area contributed by atoms with Crippen LogP contribution >= 0.6 is 0 Å². The van der Waals surface area contributed by atoms with Gasteiger partial charge in [-0.25, -0.2) is 14.8 Å². The summed E-state index contributed by atoms with van der Waals surface area (Å²) in [4.78, 5) is 29.4. The molecule has 0 spiro atoms. The smallest absolute Gasteiger partial charge is 0.410 e. The fourth-order valence-corrected chi connectivity index (χ4v) is 5.42. The van der Waals surface area contributed by atoms with E-state index in [1.807, 2.05) is 33.2 Å². The number of hydrogen-bond donors (Lipinski definition) is 2. The molecule has 0 bridgehead atoms. The van der Waals surface area contributed by atoms with Crippen molar-refractivity contribution in [1.29, 1.82) is 0 Å². The van der Waals surface area contributed by atoms with Crippen molar-refractivity contribution in [3.8, 4) is 11.1 Å². The van der Waals surface area contributed by atoms with Gasteiger partial charge in [-0.05, 0) is 94.3 Å². The van der Waals surface area contributed by atoms with Crippen LogP contribution in [-0.2, 0) is 11.3 Å². The molecule has 216 valence electrons. The number of carbonyl (C=O) groups excluding carboxylic acids is 1. The number of aromatic nitrogens is 5. The molecule has 4 aromatic rings. The lowest BCUT2D eigenvalue weighted by atomic mass is 10.1. The molecular weight excluding hydrogens is 516 g/mol. The monoisotopic (exact) mass is 556 g/mol. The highest BCUT2D eigenvalue weighted by molar-refractivity contribution is 5.86. The lowest BCUT2D eigenvalue weighted by molar-refractivity contribution is 0.0110. The van der Waals surface area contributed by atoms with Crippen molar-refractivity contribution in [3.63, 3.8) is 0 Å². The van der Waals surface area contributed by atoms with Crippen molar-refractivity contribution in [2.75, 3.05) is 31.5 Å². The molecule has 10 heteroatoms. The molecule has 1 saturated heterocycles. The summed E-state index contributed by atoms with van der Waals surface area (Å²) in [6.07, 6.45) is 8.31. The standard InChI is InChI=1S/C31H40N8O2/c1-20-14-24(25-17-33-39(19-25)18-22-6-7-22)15-26-28(20)36-29(34-26)35-27-16-23(8-9-32-27)21(2)37-10-12-38(13-11-37)30(40)41-31(3,4)5/h8-9,14-17,19,21-22H,6-7,10-13,18H2,1-5H3,(H2,32,34,35,36). The molecule has 1 unspecified atom stereocenters. The Hall–Kier alpha value is -3.92. The van der Waals surface area contributed by atoms with E-state index in [0.717, 1.165) is 64.7 Å². The number of benzene rings is 1. The average Bonchev–Trinajstić information content (AvgIpc) is 3.45. The van der Waals surface area contributed by atoms with E-state index in [4.69, 9.17) is 9.72 Å². The Morgan fingerprint density at radius 1 is 1.15 bits per heavy atom. The Bertz CT molecular complexity index is 1540. The van der Waals surface area contributed by atoms with Crippen LogP contribution in [0.1, 0.15) is 57.7 Å². The fourth-order valence-electron chi connectivity index (χ4n) is 5.42. The second-order valence-electron chi connectivity index (χ2n) is 12.4. The molecule has 2 N–H and O–H groups in total. The van der Waals surface area contributed by atoms with Crippen LogP contribution in [-0.4, -0.2) is 72.4 Å². The highest BCUT2D eigenvalue weighted by Crippen LogP contribution is 2.32. The van der Waals surface area contributed by atoms with Crippen LogP contribution in [0.5, 0.6) is 0 Å². The lowest BCUT2D eigenvalue weighted by Gasteiger charge is -2.38. The number of ether oxygens (including phenoxy) is 1. The van der Waals surface area contributed by atoms with Gasteiger partial charge in [-0.3, -0.25) is 9.58 Å². The number of aryl methyl sites for hydroxylation is 1. The highest BCUT2D eigenvalue weighted by Gasteiger charge is 2.28. The van der Waals surface area contributed by atoms with Crippen molar-refractivity contribution < 1.29 is 9.53 Å². The maximum absolute atomic E-state index is 12.4. The van der Waals surface area contributed by atoms with E-state index in [2.05, 4.69) is 74.3 Å². The third-order valence-corrected chi connectivity index (χ3v) is 7.91. The molecule has 41 heavy (non-hydrogen) atoms. The number of rotatable bonds is 7. The zero-order valence-electron chi connectivity index (χ0n) is 24.6. The maximum atomic E-state index is 12.4. The van der Waals surface area contributed by atoms with E-state index in [1.54, 1.807) is 4.90 Å². The van der Waals surface area contributed by atoms with Crippen LogP contribution in [0.25, 0.3) is 22.2 Å². The zero-order chi connectivity index (χ0) is 28.7. The van der Waals surface area contributed by atoms with Crippen molar-refractivity contribution in [2.24, 2.45) is 5.92 Å². The van der Waals surface area contributed by atoms with Crippen LogP contribution in [0, 0.1) is 12.8 Å². The zero-order valence-corrected chi connectivity index (χ0v) is 24.6. The minimum Gasteiger partial charge on any atom is -0.444 e. The Morgan fingerprint density at radius 3 is 2.66 bits per heavy atom. The number of carbonyl (C=O) groups is 1. The summed E-state index contributed by atoms with van der Waals surface area (Å²) in [5, 5.41) is 7.94. The number of piperazine rings is 1. The van der Waals surface area contributed by atoms with Crippen LogP contribution in [0.15, 0.2) is 42.9 Å². The van der Waals surface area contributed by atoms with Gasteiger partial charge in [-0.1, -0.05) is 0 Å². The first-order chi connectivity index (χ1) is 19.6. The first-order valence-corrected chi connectivity index (χ1v) is 14.6. The molecule has 3 aromatic heterocycles. The molecule has 2 aliphatic rings. The molecule has 1 aliphatic heterocycles. The summed E-state index contributed by atoms with van der Waals surface area (Å²) in [5.74, 6) is 2.19. The Kier molecular flexibility index (Phi) is 7.19. The minimum atomic E-state index is -0.484. The van der Waals surface area contributed by atoms with Crippen LogP contribution < -0.4 is 5.32 Å². The van der Waals surface area contributed by atoms with Gasteiger partial charge in [0.25, 0.3) is 0 Å². The van der Waals surface area contributed by atoms with Crippen molar-refractivity contribution >= 4 is 28.9 Å². The van der Waals surface area contributed by atoms with Crippen molar-refractivity contribution in [1.82, 2.24) is 34.5 Å². The quantitative estimate of drug-likeness (QED) is 0.292. The third-order valence-electron chi connectivity index (χ3n) is 7.91. The molecular formula is C31H40N8O2. The molecule has 2 fully saturated rings. The molecule has 10 nitrogen and oxygen atoms in total. The van der Waals surface area contributed by atoms with Gasteiger partial charge >= 0.3 is 6.09 Å². The number of pyridine rings is 1. The molecule has 1 amide bonds. The van der Waals surface area contributed by atoms with Gasteiger partial charge in [0.05, 0.1) is 17.2 Å². The molecule has 1 atom stereocenters. The number of hydrogen-bond acceptors (Lipinski definition) is 7. The predicted octanol–water partition coefficient (Wildman–Crippen LogP) is 5.90. The van der Waals surface area contributed by atoms with Gasteiger partial charge in [-0.15, -0.1) is 0 Å². The van der Waals surface area contributed by atoms with Crippen molar-refractivity contribution in [3.05, 3.63) is 54.0 Å². The molecule has 6 rings (SSSR count). The fraction of sp³-hybridized carbons (Fsp3) is 0.484. The van der Waals surface area contributed by atoms with E-state index in [-0.39, 0.29) is 12.1 Å². The third kappa shape index (κ3) is 6.37. The lowest BCUT2D eigenvalue weighted by Crippen LogP contribution is -2.50. The summed E-state index contributed by atoms with van der Waals surface area (Å²) >= 11 is 0. The Morgan fingerprint density at radius 2 is 1.93 bits per heavy atom. The largest absolute Gasteiger partial charge is 0.444 e. The maximum Gasteiger partial charge on any atom is 0.410 e. The number of nitrogens with one attached hydrogen (secondary N) is 2. The van der Waals surface area contributed by atoms with E-state index in [9.17, 15) is 4.79 Å². The molecule has 0 radical (unpaired) electrons. The van der Waals surface area contributed by atoms with Gasteiger partial charge in [-0.2, -0.15) is 5.10 Å². The van der Waals surface area contributed by atoms with Crippen LogP contribution in [0.2, 0.25) is 0 Å². The van der Waals surface area contributed by atoms with Gasteiger partial charge in [0.2, 0.25) is 5.95 Å². The average molecular weight is 557 g/mol. The van der Waals surface area contributed by atoms with Gasteiger partial charge < -0.3 is 19.9 Å². The second-order valence-corrected chi connectivity index (χ2v) is 12.4. The summed E-state index contributed by atoms with van der Waals surface area (Å²) < 4.78 is 7.61. The molecule has 1 saturated carbocycles.